The van der Waals surface area contributed by atoms with Crippen molar-refractivity contribution in [2.24, 2.45) is 5.73 Å². The lowest BCUT2D eigenvalue weighted by Crippen LogP contribution is -2.29. The molecule has 0 aromatic rings. The van der Waals surface area contributed by atoms with Crippen LogP contribution in [0.5, 0.6) is 0 Å². The van der Waals surface area contributed by atoms with Crippen LogP contribution in [0, 0.1) is 0 Å². The third-order valence-corrected chi connectivity index (χ3v) is 3.10. The zero-order valence-corrected chi connectivity index (χ0v) is 10.7. The third kappa shape index (κ3) is 3.34. The molecule has 2 unspecified atom stereocenters. The molecule has 0 aromatic carbocycles. The van der Waals surface area contributed by atoms with E-state index < -0.39 is 0 Å². The summed E-state index contributed by atoms with van der Waals surface area (Å²) in [6, 6.07) is 0. The fraction of sp³-hybridized carbons (Fsp3) is 0.615. The zero-order valence-electron chi connectivity index (χ0n) is 10.7. The maximum absolute atomic E-state index is 11.0. The van der Waals surface area contributed by atoms with E-state index >= 15 is 0 Å². The number of nitrogens with two attached hydrogens (primary N) is 1. The molecule has 0 amide bonds. The van der Waals surface area contributed by atoms with Crippen LogP contribution in [0.4, 0.5) is 0 Å². The second kappa shape index (κ2) is 6.02. The third-order valence-electron chi connectivity index (χ3n) is 3.10. The second-order valence-corrected chi connectivity index (χ2v) is 4.69. The molecule has 0 radical (unpaired) electrons. The number of carbonyl (C=O) groups is 1. The number of rotatable bonds is 4. The van der Waals surface area contributed by atoms with Gasteiger partial charge in [-0.15, -0.1) is 0 Å². The predicted molar refractivity (Wildman–Crippen MR) is 67.3 cm³/mol. The number of hydrogen-bond acceptors (Lipinski definition) is 5. The van der Waals surface area contributed by atoms with Gasteiger partial charge in [-0.2, -0.15) is 0 Å². The summed E-state index contributed by atoms with van der Waals surface area (Å²) in [5, 5.41) is 0. The molecule has 2 N–H and O–H groups in total. The van der Waals surface area contributed by atoms with Crippen molar-refractivity contribution in [3.63, 3.8) is 0 Å². The molecule has 1 fully saturated rings. The van der Waals surface area contributed by atoms with E-state index in [-0.39, 0.29) is 24.8 Å². The molecule has 2 aliphatic rings. The van der Waals surface area contributed by atoms with Crippen molar-refractivity contribution in [2.45, 2.75) is 38.5 Å². The van der Waals surface area contributed by atoms with E-state index in [1.54, 1.807) is 0 Å². The highest BCUT2D eigenvalue weighted by Gasteiger charge is 2.29. The monoisotopic (exact) mass is 252 g/mol. The summed E-state index contributed by atoms with van der Waals surface area (Å²) in [5.41, 5.74) is 6.49. The highest BCUT2D eigenvalue weighted by atomic mass is 16.6. The average molecular weight is 252 g/mol. The smallest absolute Gasteiger partial charge is 0.319 e. The van der Waals surface area contributed by atoms with Gasteiger partial charge in [0.2, 0.25) is 0 Å². The van der Waals surface area contributed by atoms with Gasteiger partial charge in [-0.3, -0.25) is 4.79 Å². The highest BCUT2D eigenvalue weighted by Crippen LogP contribution is 2.26. The molecule has 2 rings (SSSR count). The first-order valence-electron chi connectivity index (χ1n) is 6.31. The number of nitrogens with zero attached hydrogens (tertiary/aromatic N) is 1. The van der Waals surface area contributed by atoms with Crippen molar-refractivity contribution in [2.75, 3.05) is 13.2 Å². The van der Waals surface area contributed by atoms with Gasteiger partial charge in [0.1, 0.15) is 12.8 Å². The molecule has 5 heteroatoms. The molecular weight excluding hydrogens is 232 g/mol. The Kier molecular flexibility index (Phi) is 4.38. The summed E-state index contributed by atoms with van der Waals surface area (Å²) in [6.45, 7) is 2.33. The molecule has 0 saturated carbocycles. The molecule has 0 aliphatic carbocycles. The summed E-state index contributed by atoms with van der Waals surface area (Å²) < 4.78 is 10.8. The fourth-order valence-electron chi connectivity index (χ4n) is 2.16. The molecule has 2 atom stereocenters. The summed E-state index contributed by atoms with van der Waals surface area (Å²) >= 11 is 0. The summed E-state index contributed by atoms with van der Waals surface area (Å²) in [7, 11) is 0. The largest absolute Gasteiger partial charge is 0.462 e. The van der Waals surface area contributed by atoms with Crippen LogP contribution in [0.25, 0.3) is 0 Å². The lowest BCUT2D eigenvalue weighted by molar-refractivity contribution is -0.146. The predicted octanol–water partition coefficient (Wildman–Crippen LogP) is 1.12. The van der Waals surface area contributed by atoms with Gasteiger partial charge in [-0.1, -0.05) is 11.6 Å². The number of carbonyl (C=O) groups excluding carboxylic acids is 1. The maximum atomic E-state index is 11.0. The van der Waals surface area contributed by atoms with Crippen LogP contribution in [0.15, 0.2) is 24.0 Å². The topological polar surface area (TPSA) is 64.8 Å². The zero-order chi connectivity index (χ0) is 13.0. The Morgan fingerprint density at radius 2 is 2.44 bits per heavy atom. The molecule has 100 valence electrons. The first-order chi connectivity index (χ1) is 8.69. The molecular formula is C13H20N2O3. The van der Waals surface area contributed by atoms with Gasteiger partial charge in [0, 0.05) is 12.4 Å². The van der Waals surface area contributed by atoms with E-state index in [0.717, 1.165) is 19.3 Å². The van der Waals surface area contributed by atoms with E-state index in [0.29, 0.717) is 6.61 Å². The molecule has 1 saturated heterocycles. The van der Waals surface area contributed by atoms with Gasteiger partial charge >= 0.3 is 5.97 Å². The van der Waals surface area contributed by atoms with Gasteiger partial charge in [0.15, 0.2) is 0 Å². The van der Waals surface area contributed by atoms with E-state index in [2.05, 4.69) is 24.1 Å². The Morgan fingerprint density at radius 1 is 1.61 bits per heavy atom. The van der Waals surface area contributed by atoms with Crippen LogP contribution in [0.1, 0.15) is 26.2 Å². The standard InChI is InChI=1S/C13H20N2O3/c1-10-3-2-6-15(8-10)12-5-4-11(18-12)9-17-13(16)7-14/h2,6,8,11-12H,3-5,7,9,14H2,1H3. The summed E-state index contributed by atoms with van der Waals surface area (Å²) in [5.74, 6) is -0.379. The summed E-state index contributed by atoms with van der Waals surface area (Å²) in [6.07, 6.45) is 9.16. The Bertz CT molecular complexity index is 365. The van der Waals surface area contributed by atoms with Crippen molar-refractivity contribution in [3.8, 4) is 0 Å². The first-order valence-corrected chi connectivity index (χ1v) is 6.31. The van der Waals surface area contributed by atoms with E-state index in [4.69, 9.17) is 15.2 Å². The molecule has 2 aliphatic heterocycles. The molecule has 0 bridgehead atoms. The normalized spacial score (nSPS) is 27.2. The molecule has 5 nitrogen and oxygen atoms in total. The van der Waals surface area contributed by atoms with Crippen molar-refractivity contribution < 1.29 is 14.3 Å². The quantitative estimate of drug-likeness (QED) is 0.759. The summed E-state index contributed by atoms with van der Waals surface area (Å²) in [4.78, 5) is 13.0. The average Bonchev–Trinajstić information content (AvgIpc) is 2.84. The second-order valence-electron chi connectivity index (χ2n) is 4.69. The minimum atomic E-state index is -0.379. The van der Waals surface area contributed by atoms with E-state index in [1.165, 1.54) is 5.57 Å². The number of allylic oxidation sites excluding steroid dienone is 2. The van der Waals surface area contributed by atoms with Crippen molar-refractivity contribution in [3.05, 3.63) is 24.0 Å². The lowest BCUT2D eigenvalue weighted by Gasteiger charge is -2.26. The van der Waals surface area contributed by atoms with E-state index in [1.807, 2.05) is 6.20 Å². The van der Waals surface area contributed by atoms with Crippen LogP contribution in [0.3, 0.4) is 0 Å². The molecule has 0 aromatic heterocycles. The SMILES string of the molecule is CC1=CN(C2CCC(COC(=O)CN)O2)C=CC1. The lowest BCUT2D eigenvalue weighted by atomic mass is 10.2. The van der Waals surface area contributed by atoms with Gasteiger partial charge in [-0.05, 0) is 26.2 Å². The number of esters is 1. The Labute approximate surface area is 107 Å². The van der Waals surface area contributed by atoms with Crippen LogP contribution in [-0.4, -0.2) is 36.4 Å². The molecule has 0 spiro atoms. The number of hydrogen-bond donors (Lipinski definition) is 1. The molecule has 18 heavy (non-hydrogen) atoms. The van der Waals surface area contributed by atoms with Gasteiger partial charge < -0.3 is 20.1 Å². The Balaban J connectivity index is 1.79. The fourth-order valence-corrected chi connectivity index (χ4v) is 2.16. The van der Waals surface area contributed by atoms with Crippen molar-refractivity contribution in [1.82, 2.24) is 4.90 Å². The van der Waals surface area contributed by atoms with E-state index in [9.17, 15) is 4.79 Å². The Hall–Kier alpha value is -1.33. The first kappa shape index (κ1) is 13.1. The van der Waals surface area contributed by atoms with Crippen LogP contribution in [0.2, 0.25) is 0 Å². The van der Waals surface area contributed by atoms with Crippen molar-refractivity contribution >= 4 is 5.97 Å². The minimum Gasteiger partial charge on any atom is -0.462 e. The van der Waals surface area contributed by atoms with Crippen molar-refractivity contribution in [1.29, 1.82) is 0 Å². The van der Waals surface area contributed by atoms with Gasteiger partial charge in [0.05, 0.1) is 12.6 Å². The maximum Gasteiger partial charge on any atom is 0.319 e. The molecule has 2 heterocycles. The van der Waals surface area contributed by atoms with Gasteiger partial charge in [0.25, 0.3) is 0 Å². The minimum absolute atomic E-state index is 0.0190. The van der Waals surface area contributed by atoms with Crippen LogP contribution < -0.4 is 5.73 Å². The van der Waals surface area contributed by atoms with Crippen LogP contribution in [-0.2, 0) is 14.3 Å². The highest BCUT2D eigenvalue weighted by molar-refractivity contribution is 5.71. The van der Waals surface area contributed by atoms with Crippen LogP contribution >= 0.6 is 0 Å². The number of ether oxygens (including phenoxy) is 2. The Morgan fingerprint density at radius 3 is 3.17 bits per heavy atom. The van der Waals surface area contributed by atoms with Gasteiger partial charge in [-0.25, -0.2) is 0 Å².